The molecule has 0 saturated carbocycles. The van der Waals surface area contributed by atoms with Crippen molar-refractivity contribution in [1.29, 1.82) is 5.26 Å². The molecule has 2 aromatic rings. The Morgan fingerprint density at radius 1 is 1.48 bits per heavy atom. The number of rotatable bonds is 5. The number of carbonyl (C=O) groups excluding carboxylic acids is 1. The molecule has 2 rings (SSSR count). The Labute approximate surface area is 133 Å². The summed E-state index contributed by atoms with van der Waals surface area (Å²) in [7, 11) is 0. The SMILES string of the molecule is N#Cc1ccc(Cn2cncc2CCC(=O)[O-])cc1F.[Li+]. The molecule has 0 aliphatic carbocycles. The zero-order valence-electron chi connectivity index (χ0n) is 11.5. The molecule has 7 heteroatoms. The molecule has 0 unspecified atom stereocenters. The number of imidazole rings is 1. The van der Waals surface area contributed by atoms with Gasteiger partial charge >= 0.3 is 18.9 Å². The first-order valence-electron chi connectivity index (χ1n) is 5.97. The summed E-state index contributed by atoms with van der Waals surface area (Å²) in [5.74, 6) is -1.69. The fraction of sp³-hybridized carbons (Fsp3) is 0.214. The van der Waals surface area contributed by atoms with E-state index in [0.717, 1.165) is 5.69 Å². The second-order valence-corrected chi connectivity index (χ2v) is 4.31. The maximum Gasteiger partial charge on any atom is 1.00 e. The van der Waals surface area contributed by atoms with Crippen LogP contribution in [0.5, 0.6) is 0 Å². The number of hydrogen-bond acceptors (Lipinski definition) is 4. The number of halogens is 1. The van der Waals surface area contributed by atoms with Crippen LogP contribution in [0.15, 0.2) is 30.7 Å². The Hall–Kier alpha value is -2.08. The molecule has 0 aliphatic heterocycles. The van der Waals surface area contributed by atoms with Crippen LogP contribution in [-0.2, 0) is 17.8 Å². The average molecular weight is 279 g/mol. The van der Waals surface area contributed by atoms with Crippen molar-refractivity contribution in [2.24, 2.45) is 0 Å². The van der Waals surface area contributed by atoms with E-state index in [1.807, 2.05) is 0 Å². The van der Waals surface area contributed by atoms with Crippen LogP contribution in [0.2, 0.25) is 0 Å². The van der Waals surface area contributed by atoms with Gasteiger partial charge in [-0.1, -0.05) is 6.07 Å². The number of aromatic nitrogens is 2. The van der Waals surface area contributed by atoms with E-state index in [1.54, 1.807) is 29.2 Å². The van der Waals surface area contributed by atoms with E-state index in [9.17, 15) is 14.3 Å². The second-order valence-electron chi connectivity index (χ2n) is 4.31. The van der Waals surface area contributed by atoms with Crippen LogP contribution in [0.1, 0.15) is 23.2 Å². The van der Waals surface area contributed by atoms with Gasteiger partial charge in [0.1, 0.15) is 11.9 Å². The monoisotopic (exact) mass is 279 g/mol. The summed E-state index contributed by atoms with van der Waals surface area (Å²) < 4.78 is 15.2. The third-order valence-electron chi connectivity index (χ3n) is 2.89. The number of nitriles is 1. The van der Waals surface area contributed by atoms with Gasteiger partial charge in [-0.25, -0.2) is 9.37 Å². The second kappa shape index (κ2) is 7.63. The van der Waals surface area contributed by atoms with E-state index in [2.05, 4.69) is 4.98 Å². The predicted molar refractivity (Wildman–Crippen MR) is 65.8 cm³/mol. The van der Waals surface area contributed by atoms with E-state index >= 15 is 0 Å². The molecular formula is C14H11FLiN3O2. The zero-order valence-corrected chi connectivity index (χ0v) is 11.5. The summed E-state index contributed by atoms with van der Waals surface area (Å²) in [6.45, 7) is 0.366. The Balaban J connectivity index is 0.00000220. The first-order valence-corrected chi connectivity index (χ1v) is 5.97. The molecule has 0 amide bonds. The third kappa shape index (κ3) is 4.46. The van der Waals surface area contributed by atoms with Crippen molar-refractivity contribution in [3.63, 3.8) is 0 Å². The van der Waals surface area contributed by atoms with Gasteiger partial charge in [0.15, 0.2) is 0 Å². The Morgan fingerprint density at radius 3 is 2.86 bits per heavy atom. The molecule has 0 atom stereocenters. The van der Waals surface area contributed by atoms with Gasteiger partial charge in [-0.05, 0) is 30.5 Å². The molecule has 0 fully saturated rings. The number of carboxylic acid groups (broad SMARTS) is 1. The molecule has 0 aliphatic rings. The molecule has 21 heavy (non-hydrogen) atoms. The van der Waals surface area contributed by atoms with E-state index in [-0.39, 0.29) is 30.8 Å². The zero-order chi connectivity index (χ0) is 14.5. The summed E-state index contributed by atoms with van der Waals surface area (Å²) in [4.78, 5) is 14.4. The van der Waals surface area contributed by atoms with Crippen LogP contribution >= 0.6 is 0 Å². The van der Waals surface area contributed by atoms with Gasteiger partial charge in [-0.15, -0.1) is 0 Å². The summed E-state index contributed by atoms with van der Waals surface area (Å²) in [6.07, 6.45) is 3.35. The van der Waals surface area contributed by atoms with Gasteiger partial charge in [0, 0.05) is 24.4 Å². The van der Waals surface area contributed by atoms with Crippen molar-refractivity contribution in [3.05, 3.63) is 53.4 Å². The molecule has 0 radical (unpaired) electrons. The minimum atomic E-state index is -1.12. The van der Waals surface area contributed by atoms with Crippen molar-refractivity contribution >= 4 is 5.97 Å². The van der Waals surface area contributed by atoms with Gasteiger partial charge in [-0.3, -0.25) is 0 Å². The quantitative estimate of drug-likeness (QED) is 0.573. The van der Waals surface area contributed by atoms with Crippen molar-refractivity contribution in [2.75, 3.05) is 0 Å². The topological polar surface area (TPSA) is 81.7 Å². The number of carbonyl (C=O) groups is 1. The number of carboxylic acids is 1. The molecular weight excluding hydrogens is 268 g/mol. The Morgan fingerprint density at radius 2 is 2.24 bits per heavy atom. The van der Waals surface area contributed by atoms with E-state index < -0.39 is 11.8 Å². The largest absolute Gasteiger partial charge is 1.00 e. The predicted octanol–water partition coefficient (Wildman–Crippen LogP) is -2.37. The van der Waals surface area contributed by atoms with Crippen LogP contribution in [0.4, 0.5) is 4.39 Å². The minimum Gasteiger partial charge on any atom is -0.550 e. The first-order chi connectivity index (χ1) is 9.60. The van der Waals surface area contributed by atoms with Crippen molar-refractivity contribution in [3.8, 4) is 6.07 Å². The van der Waals surface area contributed by atoms with Gasteiger partial charge in [0.25, 0.3) is 0 Å². The molecule has 0 spiro atoms. The van der Waals surface area contributed by atoms with E-state index in [1.165, 1.54) is 12.1 Å². The summed E-state index contributed by atoms with van der Waals surface area (Å²) >= 11 is 0. The number of nitrogens with zero attached hydrogens (tertiary/aromatic N) is 3. The minimum absolute atomic E-state index is 0. The fourth-order valence-electron chi connectivity index (χ4n) is 1.87. The average Bonchev–Trinajstić information content (AvgIpc) is 2.84. The smallest absolute Gasteiger partial charge is 0.550 e. The number of aliphatic carboxylic acids is 1. The fourth-order valence-corrected chi connectivity index (χ4v) is 1.87. The Kier molecular flexibility index (Phi) is 6.17. The summed E-state index contributed by atoms with van der Waals surface area (Å²) in [5, 5.41) is 19.1. The van der Waals surface area contributed by atoms with Crippen LogP contribution in [-0.4, -0.2) is 15.5 Å². The van der Waals surface area contributed by atoms with Crippen LogP contribution in [0.3, 0.4) is 0 Å². The van der Waals surface area contributed by atoms with Crippen LogP contribution in [0, 0.1) is 17.1 Å². The van der Waals surface area contributed by atoms with Crippen molar-refractivity contribution in [1.82, 2.24) is 9.55 Å². The first kappa shape index (κ1) is 17.0. The van der Waals surface area contributed by atoms with Crippen molar-refractivity contribution in [2.45, 2.75) is 19.4 Å². The van der Waals surface area contributed by atoms with E-state index in [4.69, 9.17) is 5.26 Å². The van der Waals surface area contributed by atoms with E-state index in [0.29, 0.717) is 18.5 Å². The molecule has 1 aromatic carbocycles. The van der Waals surface area contributed by atoms with Gasteiger partial charge < -0.3 is 14.5 Å². The number of aryl methyl sites for hydroxylation is 1. The van der Waals surface area contributed by atoms with Crippen molar-refractivity contribution < 1.29 is 33.2 Å². The van der Waals surface area contributed by atoms with Crippen LogP contribution in [0.25, 0.3) is 0 Å². The van der Waals surface area contributed by atoms with Gasteiger partial charge in [0.05, 0.1) is 11.9 Å². The maximum absolute atomic E-state index is 13.5. The normalized spacial score (nSPS) is 9.71. The number of hydrogen-bond donors (Lipinski definition) is 0. The standard InChI is InChI=1S/C14H12FN3O2.Li/c15-13-5-10(1-2-11(13)6-16)8-18-9-17-7-12(18)3-4-14(19)20;/h1-2,5,7,9H,3-4,8H2,(H,19,20);/q;+1/p-1. The molecule has 102 valence electrons. The molecule has 0 N–H and O–H groups in total. The number of benzene rings is 1. The molecule has 1 heterocycles. The van der Waals surface area contributed by atoms with Gasteiger partial charge in [0.2, 0.25) is 0 Å². The third-order valence-corrected chi connectivity index (χ3v) is 2.89. The maximum atomic E-state index is 13.5. The Bertz CT molecular complexity index is 679. The summed E-state index contributed by atoms with van der Waals surface area (Å²) in [6, 6.07) is 6.13. The van der Waals surface area contributed by atoms with Gasteiger partial charge in [-0.2, -0.15) is 5.26 Å². The van der Waals surface area contributed by atoms with Crippen LogP contribution < -0.4 is 24.0 Å². The molecule has 1 aromatic heterocycles. The molecule has 0 saturated heterocycles. The molecule has 5 nitrogen and oxygen atoms in total. The summed E-state index contributed by atoms with van der Waals surface area (Å²) in [5.41, 5.74) is 1.41. The molecule has 0 bridgehead atoms.